The van der Waals surface area contributed by atoms with E-state index in [0.717, 1.165) is 5.69 Å². The van der Waals surface area contributed by atoms with Gasteiger partial charge < -0.3 is 15.1 Å². The lowest BCUT2D eigenvalue weighted by Gasteiger charge is -2.37. The van der Waals surface area contributed by atoms with Crippen LogP contribution in [-0.2, 0) is 0 Å². The van der Waals surface area contributed by atoms with E-state index in [1.54, 1.807) is 47.4 Å². The third-order valence-electron chi connectivity index (χ3n) is 5.56. The minimum Gasteiger partial charge on any atom is -0.366 e. The van der Waals surface area contributed by atoms with Crippen LogP contribution in [0.4, 0.5) is 15.8 Å². The number of nitrogens with zero attached hydrogens (tertiary/aromatic N) is 2. The summed E-state index contributed by atoms with van der Waals surface area (Å²) in [6.07, 6.45) is 0. The summed E-state index contributed by atoms with van der Waals surface area (Å²) in [7, 11) is 0. The first-order valence-electron chi connectivity index (χ1n) is 10.8. The Balaban J connectivity index is 1.43. The summed E-state index contributed by atoms with van der Waals surface area (Å²) in [6, 6.07) is 18.4. The molecule has 6 nitrogen and oxygen atoms in total. The van der Waals surface area contributed by atoms with Crippen LogP contribution >= 0.6 is 39.7 Å². The van der Waals surface area contributed by atoms with E-state index in [-0.39, 0.29) is 22.5 Å². The van der Waals surface area contributed by atoms with Crippen LogP contribution in [0.15, 0.2) is 71.2 Å². The third-order valence-corrected chi connectivity index (χ3v) is 6.69. The van der Waals surface area contributed by atoms with Crippen molar-refractivity contribution in [3.05, 3.63) is 93.2 Å². The highest BCUT2D eigenvalue weighted by atomic mass is 79.9. The van der Waals surface area contributed by atoms with Gasteiger partial charge in [0.1, 0.15) is 5.82 Å². The average Bonchev–Trinajstić information content (AvgIpc) is 2.84. The van der Waals surface area contributed by atoms with Crippen LogP contribution in [0.3, 0.4) is 0 Å². The van der Waals surface area contributed by atoms with Crippen molar-refractivity contribution in [3.63, 3.8) is 0 Å². The number of carbonyl (C=O) groups is 2. The van der Waals surface area contributed by atoms with Crippen LogP contribution in [0.1, 0.15) is 20.7 Å². The maximum absolute atomic E-state index is 14.0. The number of amides is 2. The van der Waals surface area contributed by atoms with Crippen molar-refractivity contribution >= 4 is 68.1 Å². The van der Waals surface area contributed by atoms with E-state index in [1.165, 1.54) is 12.1 Å². The fourth-order valence-electron chi connectivity index (χ4n) is 3.81. The van der Waals surface area contributed by atoms with E-state index < -0.39 is 5.82 Å². The van der Waals surface area contributed by atoms with Gasteiger partial charge in [0.25, 0.3) is 11.8 Å². The summed E-state index contributed by atoms with van der Waals surface area (Å²) < 4.78 is 14.7. The zero-order valence-corrected chi connectivity index (χ0v) is 21.6. The number of benzene rings is 3. The lowest BCUT2D eigenvalue weighted by molar-refractivity contribution is 0.0742. The predicted octanol–water partition coefficient (Wildman–Crippen LogP) is 5.33. The smallest absolute Gasteiger partial charge is 0.258 e. The van der Waals surface area contributed by atoms with E-state index in [4.69, 9.17) is 23.8 Å². The molecule has 35 heavy (non-hydrogen) atoms. The second kappa shape index (κ2) is 11.2. The molecule has 1 fully saturated rings. The Kier molecular flexibility index (Phi) is 8.00. The monoisotopic (exact) mass is 574 g/mol. The van der Waals surface area contributed by atoms with Crippen molar-refractivity contribution in [2.75, 3.05) is 36.4 Å². The summed E-state index contributed by atoms with van der Waals surface area (Å²) in [5.41, 5.74) is 1.98. The molecule has 1 aliphatic heterocycles. The van der Waals surface area contributed by atoms with Crippen LogP contribution in [-0.4, -0.2) is 48.0 Å². The molecule has 1 saturated heterocycles. The highest BCUT2D eigenvalue weighted by Crippen LogP contribution is 2.30. The first kappa shape index (κ1) is 25.1. The zero-order valence-electron chi connectivity index (χ0n) is 18.4. The van der Waals surface area contributed by atoms with Gasteiger partial charge >= 0.3 is 0 Å². The maximum atomic E-state index is 14.0. The molecule has 0 bridgehead atoms. The van der Waals surface area contributed by atoms with E-state index in [9.17, 15) is 14.0 Å². The molecule has 0 spiro atoms. The number of halogens is 3. The van der Waals surface area contributed by atoms with Crippen molar-refractivity contribution < 1.29 is 14.0 Å². The molecule has 3 aromatic carbocycles. The minimum absolute atomic E-state index is 0.0703. The van der Waals surface area contributed by atoms with Gasteiger partial charge in [0.2, 0.25) is 0 Å². The summed E-state index contributed by atoms with van der Waals surface area (Å²) in [5, 5.41) is 6.38. The number of thiocarbonyl (C=S) groups is 1. The molecule has 0 atom stereocenters. The molecule has 10 heteroatoms. The number of anilines is 2. The minimum atomic E-state index is -0.526. The first-order valence-corrected chi connectivity index (χ1v) is 12.4. The number of nitrogens with one attached hydrogen (secondary N) is 2. The van der Waals surface area contributed by atoms with Gasteiger partial charge in [-0.15, -0.1) is 0 Å². The normalized spacial score (nSPS) is 13.3. The quantitative estimate of drug-likeness (QED) is 0.412. The highest BCUT2D eigenvalue weighted by Gasteiger charge is 2.25. The van der Waals surface area contributed by atoms with Crippen molar-refractivity contribution in [2.45, 2.75) is 0 Å². The van der Waals surface area contributed by atoms with Gasteiger partial charge in [-0.25, -0.2) is 4.39 Å². The number of hydrogen-bond donors (Lipinski definition) is 2. The molecular weight excluding hydrogens is 555 g/mol. The van der Waals surface area contributed by atoms with Gasteiger partial charge in [-0.3, -0.25) is 14.9 Å². The summed E-state index contributed by atoms with van der Waals surface area (Å²) in [6.45, 7) is 1.93. The van der Waals surface area contributed by atoms with Gasteiger partial charge in [0.05, 0.1) is 22.5 Å². The Morgan fingerprint density at radius 1 is 0.943 bits per heavy atom. The van der Waals surface area contributed by atoms with Crippen LogP contribution < -0.4 is 15.5 Å². The Hall–Kier alpha value is -3.01. The second-order valence-electron chi connectivity index (χ2n) is 7.81. The van der Waals surface area contributed by atoms with Gasteiger partial charge in [-0.05, 0) is 70.6 Å². The molecule has 2 N–H and O–H groups in total. The molecule has 0 aliphatic carbocycles. The zero-order chi connectivity index (χ0) is 24.9. The molecule has 0 unspecified atom stereocenters. The fraction of sp³-hybridized carbons (Fsp3) is 0.160. The molecule has 0 aromatic heterocycles. The number of rotatable bonds is 4. The average molecular weight is 576 g/mol. The lowest BCUT2D eigenvalue weighted by atomic mass is 10.1. The SMILES string of the molecule is O=C(NC(=S)Nc1cc(Cl)ccc1N1CCN(C(=O)c2ccccc2F)CC1)c1ccccc1Br. The van der Waals surface area contributed by atoms with Gasteiger partial charge in [0.15, 0.2) is 5.11 Å². The molecule has 3 aromatic rings. The molecule has 2 amide bonds. The second-order valence-corrected chi connectivity index (χ2v) is 9.51. The summed E-state index contributed by atoms with van der Waals surface area (Å²) in [4.78, 5) is 29.1. The van der Waals surface area contributed by atoms with Crippen LogP contribution in [0.5, 0.6) is 0 Å². The Bertz CT molecular complexity index is 1280. The third kappa shape index (κ3) is 5.98. The van der Waals surface area contributed by atoms with Crippen LogP contribution in [0, 0.1) is 5.82 Å². The molecular formula is C25H21BrClFN4O2S. The van der Waals surface area contributed by atoms with Crippen molar-refractivity contribution in [1.29, 1.82) is 0 Å². The first-order chi connectivity index (χ1) is 16.8. The predicted molar refractivity (Wildman–Crippen MR) is 144 cm³/mol. The van der Waals surface area contributed by atoms with Gasteiger partial charge in [-0.1, -0.05) is 35.9 Å². The van der Waals surface area contributed by atoms with E-state index in [1.807, 2.05) is 12.1 Å². The number of carbonyl (C=O) groups excluding carboxylic acids is 2. The summed E-state index contributed by atoms with van der Waals surface area (Å²) >= 11 is 15.0. The Morgan fingerprint density at radius 3 is 2.29 bits per heavy atom. The number of piperazine rings is 1. The maximum Gasteiger partial charge on any atom is 0.258 e. The standard InChI is InChI=1S/C25H21BrClFN4O2S/c26-19-7-3-1-5-17(19)23(33)30-25(35)29-21-15-16(27)9-10-22(21)31-11-13-32(14-12-31)24(34)18-6-2-4-8-20(18)28/h1-10,15H,11-14H2,(H2,29,30,33,35). The van der Waals surface area contributed by atoms with E-state index >= 15 is 0 Å². The van der Waals surface area contributed by atoms with Crippen molar-refractivity contribution in [1.82, 2.24) is 10.2 Å². The number of hydrogen-bond acceptors (Lipinski definition) is 4. The molecule has 4 rings (SSSR count). The molecule has 1 aliphatic rings. The Morgan fingerprint density at radius 2 is 1.60 bits per heavy atom. The molecule has 0 saturated carbocycles. The molecule has 180 valence electrons. The van der Waals surface area contributed by atoms with Gasteiger partial charge in [0, 0.05) is 35.7 Å². The molecule has 0 radical (unpaired) electrons. The molecule has 1 heterocycles. The largest absolute Gasteiger partial charge is 0.366 e. The van der Waals surface area contributed by atoms with Crippen molar-refractivity contribution in [3.8, 4) is 0 Å². The Labute approximate surface area is 221 Å². The van der Waals surface area contributed by atoms with Crippen LogP contribution in [0.2, 0.25) is 5.02 Å². The lowest BCUT2D eigenvalue weighted by Crippen LogP contribution is -2.49. The van der Waals surface area contributed by atoms with E-state index in [2.05, 4.69) is 31.5 Å². The van der Waals surface area contributed by atoms with E-state index in [0.29, 0.717) is 46.9 Å². The van der Waals surface area contributed by atoms with Crippen LogP contribution in [0.25, 0.3) is 0 Å². The fourth-order valence-corrected chi connectivity index (χ4v) is 4.65. The topological polar surface area (TPSA) is 64.7 Å². The summed E-state index contributed by atoms with van der Waals surface area (Å²) in [5.74, 6) is -1.20. The van der Waals surface area contributed by atoms with Gasteiger partial charge in [-0.2, -0.15) is 0 Å². The highest BCUT2D eigenvalue weighted by molar-refractivity contribution is 9.10. The van der Waals surface area contributed by atoms with Crippen molar-refractivity contribution in [2.24, 2.45) is 0 Å².